The monoisotopic (exact) mass is 1830 g/mol. The normalized spacial score (nSPS) is 23.1. The summed E-state index contributed by atoms with van der Waals surface area (Å²) < 4.78 is 0. The standard InChI is InChI=1S/C90H118N20O20S/c1-51(2)76-84(125)101-63(36-37-75(117)118)85(126)106(5)47-73(115)100-66(41-57-32-34-59(112)35-33-57)86(127)108(7)69(42-55-24-14-10-15-25-55)87(128)107(6)48-72(114)98-62(30-20-38-94-90(92)93)80(121)97-52(3)78(119)102-65(44-58-45-95-61-29-19-18-28-60(58)61)82(123)105-77(53(4)111)89(130)109(8)70(43-56-26-16-11-17-27-56)88(129)110-39-21-31-68(110)83(124)103-67(79(120)96-46-71(91)113)49-131-50-74(116)99-64(81(122)104-76)40-54-22-12-9-13-23-54/h9-19,22-29,32-35,45,51-53,62-70,76-77,95,111-112H,20-21,30-31,36-44,46-50H2,1-8H3,(H2,91,113)(H,96,120)(H,97,121)(H,98,114)(H,99,116)(H,100,115)(H,101,125)(H,102,119)(H,103,124)(H,104,122)(H,105,123)(H,117,118)(H4,92,93,94)/t52-,53+,62-,63-,64-,65-,66-,67-,68-,69-,70-,76-,77-/m0/s1. The predicted molar refractivity (Wildman–Crippen MR) is 482 cm³/mol. The quantitative estimate of drug-likeness (QED) is 0.0196. The number of phenolic OH excluding ortho intramolecular Hbond substituents is 1. The maximum atomic E-state index is 15.5. The number of guanidine groups is 1. The van der Waals surface area contributed by atoms with Gasteiger partial charge in [0.15, 0.2) is 5.96 Å². The van der Waals surface area contributed by atoms with Crippen molar-refractivity contribution < 1.29 is 96.8 Å². The number of hydrogen-bond donors (Lipinski definition) is 18. The molecule has 0 unspecified atom stereocenters. The number of primary amides is 1. The number of benzene rings is 5. The molecule has 40 nitrogen and oxygen atoms in total. The Bertz CT molecular complexity index is 5050. The second-order valence-corrected chi connectivity index (χ2v) is 33.9. The Morgan fingerprint density at radius 1 is 0.519 bits per heavy atom. The van der Waals surface area contributed by atoms with E-state index in [1.54, 1.807) is 135 Å². The van der Waals surface area contributed by atoms with Gasteiger partial charge in [0, 0.05) is 103 Å². The molecule has 2 aliphatic heterocycles. The number of H-pyrrole nitrogens is 1. The SMILES string of the molecule is CC(C)[C@@H]1NC(=O)[C@H](Cc2ccccc2)NC(=O)CSC[C@@H](C(=O)NCC(N)=O)NC(=O)[C@@H]2CCCN2C(=O)[C@H](Cc2ccccc2)N(C)C(=O)[C@H]([C@@H](C)O)NC(=O)[C@H](Cc2c[nH]c3ccccc23)NC(=O)[C@H](C)NC(=O)[C@H](CCCNC(=N)N)NC(=O)CN(C)C(=O)[C@H](Cc2ccccc2)N(C)C(=O)[C@H](Cc2ccc(O)cc2)NC(=O)CN(C)C(=O)[C@H](CCC(=O)O)NC1=O. The molecule has 16 amide bonds. The first-order valence-electron chi connectivity index (χ1n) is 42.9. The number of aliphatic hydroxyl groups is 1. The zero-order valence-corrected chi connectivity index (χ0v) is 75.1. The van der Waals surface area contributed by atoms with Gasteiger partial charge in [-0.05, 0) is 97.9 Å². The third-order valence-corrected chi connectivity index (χ3v) is 23.3. The molecule has 2 aliphatic rings. The van der Waals surface area contributed by atoms with Crippen LogP contribution in [0.2, 0.25) is 0 Å². The van der Waals surface area contributed by atoms with Crippen molar-refractivity contribution in [3.05, 3.63) is 174 Å². The van der Waals surface area contributed by atoms with Gasteiger partial charge in [0.2, 0.25) is 94.5 Å². The number of nitrogens with zero attached hydrogens (tertiary/aromatic N) is 5. The Balaban J connectivity index is 1.17. The van der Waals surface area contributed by atoms with Crippen LogP contribution in [0.4, 0.5) is 0 Å². The van der Waals surface area contributed by atoms with Crippen LogP contribution in [-0.4, -0.2) is 302 Å². The number of hydrogen-bond acceptors (Lipinski definition) is 21. The van der Waals surface area contributed by atoms with Crippen LogP contribution < -0.4 is 70.0 Å². The molecule has 13 atom stereocenters. The van der Waals surface area contributed by atoms with Crippen molar-refractivity contribution in [1.29, 1.82) is 5.41 Å². The number of carbonyl (C=O) groups is 17. The molecule has 3 heterocycles. The number of rotatable bonds is 22. The summed E-state index contributed by atoms with van der Waals surface area (Å²) in [6.07, 6.45) is -2.41. The number of fused-ring (bicyclic) bond motifs is 2. The molecule has 0 radical (unpaired) electrons. The van der Waals surface area contributed by atoms with Crippen LogP contribution in [0.1, 0.15) is 94.0 Å². The van der Waals surface area contributed by atoms with Crippen molar-refractivity contribution in [3.8, 4) is 5.75 Å². The lowest BCUT2D eigenvalue weighted by Gasteiger charge is -2.36. The molecular weight excluding hydrogens is 1710 g/mol. The fourth-order valence-corrected chi connectivity index (χ4v) is 16.0. The Kier molecular flexibility index (Phi) is 38.7. The first-order valence-corrected chi connectivity index (χ1v) is 44.0. The van der Waals surface area contributed by atoms with Gasteiger partial charge in [-0.15, -0.1) is 11.8 Å². The molecule has 5 aromatic carbocycles. The second-order valence-electron chi connectivity index (χ2n) is 32.9. The van der Waals surface area contributed by atoms with Crippen LogP contribution in [0, 0.1) is 11.3 Å². The highest BCUT2D eigenvalue weighted by Crippen LogP contribution is 2.26. The highest BCUT2D eigenvalue weighted by atomic mass is 32.2. The number of nitrogens with one attached hydrogen (secondary N) is 13. The van der Waals surface area contributed by atoms with Gasteiger partial charge in [-0.1, -0.05) is 135 Å². The summed E-state index contributed by atoms with van der Waals surface area (Å²) in [5.74, 6) is -18.5. The lowest BCUT2D eigenvalue weighted by molar-refractivity contribution is -0.150. The molecule has 2 saturated heterocycles. The van der Waals surface area contributed by atoms with Gasteiger partial charge in [-0.3, -0.25) is 86.9 Å². The number of carboxylic acid groups (broad SMARTS) is 1. The van der Waals surface area contributed by atoms with Crippen molar-refractivity contribution in [1.82, 2.24) is 88.0 Å². The van der Waals surface area contributed by atoms with E-state index in [1.165, 1.54) is 71.2 Å². The lowest BCUT2D eigenvalue weighted by atomic mass is 10.00. The summed E-state index contributed by atoms with van der Waals surface area (Å²) in [5, 5.41) is 68.9. The minimum atomic E-state index is -1.87. The maximum Gasteiger partial charge on any atom is 0.303 e. The Morgan fingerprint density at radius 3 is 1.61 bits per heavy atom. The largest absolute Gasteiger partial charge is 0.508 e. The Labute approximate surface area is 761 Å². The van der Waals surface area contributed by atoms with Crippen LogP contribution in [0.15, 0.2) is 146 Å². The lowest BCUT2D eigenvalue weighted by Crippen LogP contribution is -2.62. The van der Waals surface area contributed by atoms with Crippen molar-refractivity contribution >= 4 is 129 Å². The summed E-state index contributed by atoms with van der Waals surface area (Å²) in [6.45, 7) is 3.23. The van der Waals surface area contributed by atoms with E-state index >= 15 is 24.0 Å². The van der Waals surface area contributed by atoms with Gasteiger partial charge in [0.05, 0.1) is 31.5 Å². The van der Waals surface area contributed by atoms with Crippen molar-refractivity contribution in [3.63, 3.8) is 0 Å². The topological polar surface area (TPSA) is 591 Å². The van der Waals surface area contributed by atoms with Crippen LogP contribution >= 0.6 is 11.8 Å². The Morgan fingerprint density at radius 2 is 1.03 bits per heavy atom. The van der Waals surface area contributed by atoms with Crippen LogP contribution in [-0.2, 0) is 114 Å². The van der Waals surface area contributed by atoms with Crippen molar-refractivity contribution in [2.24, 2.45) is 17.4 Å². The van der Waals surface area contributed by atoms with E-state index in [0.717, 1.165) is 31.4 Å². The molecule has 131 heavy (non-hydrogen) atoms. The number of carbonyl (C=O) groups excluding carboxylic acids is 16. The molecule has 2 fully saturated rings. The smallest absolute Gasteiger partial charge is 0.303 e. The fraction of sp³-hybridized carbons (Fsp3) is 0.444. The summed E-state index contributed by atoms with van der Waals surface area (Å²) in [5.41, 5.74) is 14.1. The van der Waals surface area contributed by atoms with Gasteiger partial charge in [-0.2, -0.15) is 0 Å². The molecule has 1 aromatic heterocycles. The Hall–Kier alpha value is -14.0. The zero-order chi connectivity index (χ0) is 95.9. The molecule has 0 saturated carbocycles. The number of aromatic hydroxyl groups is 1. The summed E-state index contributed by atoms with van der Waals surface area (Å²) in [7, 11) is 4.97. The summed E-state index contributed by atoms with van der Waals surface area (Å²) in [4.78, 5) is 254. The predicted octanol–water partition coefficient (Wildman–Crippen LogP) is -2.16. The van der Waals surface area contributed by atoms with Crippen LogP contribution in [0.5, 0.6) is 5.75 Å². The molecule has 41 heteroatoms. The third-order valence-electron chi connectivity index (χ3n) is 22.3. The van der Waals surface area contributed by atoms with Gasteiger partial charge in [0.25, 0.3) is 0 Å². The number of aliphatic carboxylic acids is 1. The average molecular weight is 1830 g/mol. The van der Waals surface area contributed by atoms with E-state index in [0.29, 0.717) is 38.7 Å². The number of carboxylic acids is 1. The first kappa shape index (κ1) is 102. The number of para-hydroxylation sites is 1. The van der Waals surface area contributed by atoms with E-state index < -0.39 is 229 Å². The average Bonchev–Trinajstić information content (AvgIpc) is 1.74. The highest BCUT2D eigenvalue weighted by molar-refractivity contribution is 8.00. The number of phenols is 1. The maximum absolute atomic E-state index is 15.5. The van der Waals surface area contributed by atoms with E-state index in [9.17, 15) is 72.9 Å². The number of amides is 16. The first-order chi connectivity index (χ1) is 62.3. The molecule has 0 aliphatic carbocycles. The van der Waals surface area contributed by atoms with E-state index in [1.807, 2.05) is 0 Å². The second kappa shape index (κ2) is 49.5. The number of aromatic amines is 1. The van der Waals surface area contributed by atoms with Gasteiger partial charge in [-0.25, -0.2) is 0 Å². The van der Waals surface area contributed by atoms with E-state index in [-0.39, 0.29) is 82.4 Å². The summed E-state index contributed by atoms with van der Waals surface area (Å²) >= 11 is 0.803. The molecular formula is C90H118N20O20S. The van der Waals surface area contributed by atoms with E-state index in [2.05, 4.69) is 63.5 Å². The van der Waals surface area contributed by atoms with Gasteiger partial charge in [0.1, 0.15) is 78.3 Å². The molecule has 8 rings (SSSR count). The van der Waals surface area contributed by atoms with Crippen molar-refractivity contribution in [2.75, 3.05) is 72.4 Å². The third kappa shape index (κ3) is 30.9. The number of nitrogens with two attached hydrogens (primary N) is 2. The van der Waals surface area contributed by atoms with Gasteiger partial charge >= 0.3 is 5.97 Å². The van der Waals surface area contributed by atoms with Gasteiger partial charge < -0.3 is 115 Å². The minimum Gasteiger partial charge on any atom is -0.508 e. The van der Waals surface area contributed by atoms with Crippen LogP contribution in [0.25, 0.3) is 10.9 Å². The number of aliphatic hydroxyl groups excluding tert-OH is 1. The molecule has 0 spiro atoms. The van der Waals surface area contributed by atoms with Crippen molar-refractivity contribution in [2.45, 2.75) is 177 Å². The number of likely N-dealkylation sites (N-methyl/N-ethyl adjacent to an activating group) is 4. The summed E-state index contributed by atoms with van der Waals surface area (Å²) in [6, 6.07) is 19.3. The molecule has 704 valence electrons. The zero-order valence-electron chi connectivity index (χ0n) is 74.2. The number of thioether (sulfide) groups is 1. The molecule has 0 bridgehead atoms. The minimum absolute atomic E-state index is 0.00885. The van der Waals surface area contributed by atoms with E-state index in [4.69, 9.17) is 16.9 Å². The molecule has 20 N–H and O–H groups in total. The fourth-order valence-electron chi connectivity index (χ4n) is 15.1. The van der Waals surface area contributed by atoms with Crippen LogP contribution in [0.3, 0.4) is 0 Å². The highest BCUT2D eigenvalue weighted by Gasteiger charge is 2.45. The number of aromatic nitrogens is 1. The molecule has 6 aromatic rings.